The summed E-state index contributed by atoms with van der Waals surface area (Å²) in [6.07, 6.45) is 1.03. The smallest absolute Gasteiger partial charge is 0.307 e. The summed E-state index contributed by atoms with van der Waals surface area (Å²) in [4.78, 5) is 24.2. The van der Waals surface area contributed by atoms with Crippen molar-refractivity contribution in [2.24, 2.45) is 7.05 Å². The third kappa shape index (κ3) is 4.02. The Bertz CT molecular complexity index is 1200. The first kappa shape index (κ1) is 19.9. The first-order valence-electron chi connectivity index (χ1n) is 8.21. The Morgan fingerprint density at radius 1 is 1.25 bits per heavy atom. The number of aromatic nitrogens is 1. The molecule has 8 nitrogen and oxygen atoms in total. The van der Waals surface area contributed by atoms with E-state index in [4.69, 9.17) is 4.74 Å². The van der Waals surface area contributed by atoms with Crippen molar-refractivity contribution >= 4 is 48.9 Å². The monoisotopic (exact) mass is 421 g/mol. The minimum atomic E-state index is -3.72. The number of hydrogen-bond acceptors (Lipinski definition) is 6. The van der Waals surface area contributed by atoms with Crippen molar-refractivity contribution < 1.29 is 17.9 Å². The number of rotatable bonds is 6. The molecule has 0 aliphatic carbocycles. The molecule has 0 atom stereocenters. The van der Waals surface area contributed by atoms with Crippen LogP contribution in [-0.4, -0.2) is 38.8 Å². The molecule has 1 N–H and O–H groups in total. The lowest BCUT2D eigenvalue weighted by Gasteiger charge is -2.23. The number of hydrogen-bond donors (Lipinski definition) is 1. The van der Waals surface area contributed by atoms with E-state index < -0.39 is 22.5 Å². The van der Waals surface area contributed by atoms with Crippen molar-refractivity contribution in [3.8, 4) is 5.75 Å². The van der Waals surface area contributed by atoms with Crippen LogP contribution in [0.15, 0.2) is 47.3 Å². The predicted molar refractivity (Wildman–Crippen MR) is 111 cm³/mol. The van der Waals surface area contributed by atoms with Crippen molar-refractivity contribution in [3.05, 3.63) is 52.1 Å². The lowest BCUT2D eigenvalue weighted by molar-refractivity contribution is -0.114. The fraction of sp³-hybridized carbons (Fsp3) is 0.222. The molecule has 1 heterocycles. The van der Waals surface area contributed by atoms with Gasteiger partial charge in [-0.2, -0.15) is 0 Å². The van der Waals surface area contributed by atoms with Gasteiger partial charge in [-0.3, -0.25) is 13.9 Å². The molecular weight excluding hydrogens is 402 g/mol. The maximum absolute atomic E-state index is 12.5. The van der Waals surface area contributed by atoms with Crippen LogP contribution in [0.3, 0.4) is 0 Å². The van der Waals surface area contributed by atoms with E-state index in [1.54, 1.807) is 49.5 Å². The fourth-order valence-corrected chi connectivity index (χ4v) is 4.54. The molecule has 2 aromatic carbocycles. The summed E-state index contributed by atoms with van der Waals surface area (Å²) in [5.74, 6) is -0.171. The second-order valence-corrected chi connectivity index (χ2v) is 9.00. The van der Waals surface area contributed by atoms with E-state index in [0.29, 0.717) is 11.4 Å². The second kappa shape index (κ2) is 7.64. The molecule has 1 amide bonds. The molecule has 0 unspecified atom stereocenters. The van der Waals surface area contributed by atoms with Gasteiger partial charge in [0.1, 0.15) is 12.3 Å². The van der Waals surface area contributed by atoms with Crippen molar-refractivity contribution in [1.82, 2.24) is 4.57 Å². The quantitative estimate of drug-likeness (QED) is 0.657. The average molecular weight is 422 g/mol. The van der Waals surface area contributed by atoms with E-state index in [1.165, 1.54) is 11.7 Å². The molecule has 0 saturated heterocycles. The molecule has 3 rings (SSSR count). The summed E-state index contributed by atoms with van der Waals surface area (Å²) in [7, 11) is -0.617. The molecule has 0 aliphatic rings. The van der Waals surface area contributed by atoms with E-state index in [1.807, 2.05) is 0 Å². The number of nitrogens with one attached hydrogen (secondary N) is 1. The number of methoxy groups -OCH3 is 1. The number of anilines is 2. The molecular formula is C18H19N3O5S2. The topological polar surface area (TPSA) is 97.7 Å². The zero-order chi connectivity index (χ0) is 20.5. The number of carbonyl (C=O) groups excluding carboxylic acids is 1. The summed E-state index contributed by atoms with van der Waals surface area (Å²) in [6, 6.07) is 11.7. The van der Waals surface area contributed by atoms with Gasteiger partial charge in [0.25, 0.3) is 0 Å². The Balaban J connectivity index is 1.86. The number of aryl methyl sites for hydroxylation is 1. The molecule has 148 valence electrons. The van der Waals surface area contributed by atoms with Crippen LogP contribution >= 0.6 is 11.3 Å². The van der Waals surface area contributed by atoms with Crippen molar-refractivity contribution in [1.29, 1.82) is 0 Å². The van der Waals surface area contributed by atoms with Crippen LogP contribution in [0.25, 0.3) is 10.2 Å². The van der Waals surface area contributed by atoms with Crippen LogP contribution in [0.5, 0.6) is 5.75 Å². The number of sulfonamides is 1. The highest BCUT2D eigenvalue weighted by molar-refractivity contribution is 7.92. The lowest BCUT2D eigenvalue weighted by atomic mass is 10.2. The number of fused-ring (bicyclic) bond motifs is 1. The molecule has 28 heavy (non-hydrogen) atoms. The van der Waals surface area contributed by atoms with Gasteiger partial charge < -0.3 is 14.6 Å². The first-order valence-corrected chi connectivity index (χ1v) is 10.9. The highest BCUT2D eigenvalue weighted by atomic mass is 32.2. The predicted octanol–water partition coefficient (Wildman–Crippen LogP) is 2.01. The number of amides is 1. The Kier molecular flexibility index (Phi) is 5.43. The van der Waals surface area contributed by atoms with Gasteiger partial charge in [0.2, 0.25) is 15.9 Å². The average Bonchev–Trinajstić information content (AvgIpc) is 2.92. The van der Waals surface area contributed by atoms with E-state index in [-0.39, 0.29) is 10.6 Å². The number of nitrogens with zero attached hydrogens (tertiary/aromatic N) is 2. The standard InChI is InChI=1S/C18H19N3O5S2/c1-20-14-9-8-12(10-16(14)27-18(20)23)19-17(22)11-21(28(3,24)25)13-6-4-5-7-15(13)26-2/h4-10H,11H2,1-3H3,(H,19,22). The zero-order valence-corrected chi connectivity index (χ0v) is 17.1. The molecule has 3 aromatic rings. The van der Waals surface area contributed by atoms with E-state index in [0.717, 1.165) is 32.1 Å². The number of thiazole rings is 1. The minimum absolute atomic E-state index is 0.0992. The molecule has 0 aliphatic heterocycles. The van der Waals surface area contributed by atoms with Gasteiger partial charge in [-0.05, 0) is 30.3 Å². The van der Waals surface area contributed by atoms with E-state index in [2.05, 4.69) is 5.32 Å². The first-order chi connectivity index (χ1) is 13.2. The van der Waals surface area contributed by atoms with Crippen LogP contribution < -0.4 is 19.2 Å². The molecule has 0 fully saturated rings. The number of benzene rings is 2. The Morgan fingerprint density at radius 3 is 2.64 bits per heavy atom. The lowest BCUT2D eigenvalue weighted by Crippen LogP contribution is -2.37. The summed E-state index contributed by atoms with van der Waals surface area (Å²) in [6.45, 7) is -0.414. The van der Waals surface area contributed by atoms with Crippen molar-refractivity contribution in [2.75, 3.05) is 29.5 Å². The van der Waals surface area contributed by atoms with Gasteiger partial charge in [-0.25, -0.2) is 8.42 Å². The molecule has 0 radical (unpaired) electrons. The van der Waals surface area contributed by atoms with Crippen LogP contribution in [0.4, 0.5) is 11.4 Å². The second-order valence-electron chi connectivity index (χ2n) is 6.10. The number of para-hydroxylation sites is 2. The van der Waals surface area contributed by atoms with Gasteiger partial charge in [-0.1, -0.05) is 23.5 Å². The van der Waals surface area contributed by atoms with Crippen LogP contribution in [0.1, 0.15) is 0 Å². The Hall–Kier alpha value is -2.85. The van der Waals surface area contributed by atoms with Crippen LogP contribution in [0.2, 0.25) is 0 Å². The highest BCUT2D eigenvalue weighted by Crippen LogP contribution is 2.29. The number of carbonyl (C=O) groups is 1. The van der Waals surface area contributed by atoms with Gasteiger partial charge >= 0.3 is 4.87 Å². The van der Waals surface area contributed by atoms with Gasteiger partial charge in [0.15, 0.2) is 0 Å². The van der Waals surface area contributed by atoms with E-state index >= 15 is 0 Å². The minimum Gasteiger partial charge on any atom is -0.495 e. The fourth-order valence-electron chi connectivity index (χ4n) is 2.76. The van der Waals surface area contributed by atoms with Crippen molar-refractivity contribution in [2.45, 2.75) is 0 Å². The summed E-state index contributed by atoms with van der Waals surface area (Å²) in [5.41, 5.74) is 1.52. The third-order valence-electron chi connectivity index (χ3n) is 4.12. The summed E-state index contributed by atoms with van der Waals surface area (Å²) >= 11 is 1.07. The maximum Gasteiger partial charge on any atom is 0.307 e. The van der Waals surface area contributed by atoms with Gasteiger partial charge in [0, 0.05) is 12.7 Å². The zero-order valence-electron chi connectivity index (χ0n) is 15.5. The molecule has 1 aromatic heterocycles. The van der Waals surface area contributed by atoms with E-state index in [9.17, 15) is 18.0 Å². The maximum atomic E-state index is 12.5. The molecule has 0 spiro atoms. The normalized spacial score (nSPS) is 11.4. The van der Waals surface area contributed by atoms with Crippen molar-refractivity contribution in [3.63, 3.8) is 0 Å². The Morgan fingerprint density at radius 2 is 1.96 bits per heavy atom. The SMILES string of the molecule is COc1ccccc1N(CC(=O)Nc1ccc2c(c1)sc(=O)n2C)S(C)(=O)=O. The molecule has 0 saturated carbocycles. The van der Waals surface area contributed by atoms with Gasteiger partial charge in [-0.15, -0.1) is 0 Å². The Labute approximate surface area is 166 Å². The highest BCUT2D eigenvalue weighted by Gasteiger charge is 2.23. The molecule has 0 bridgehead atoms. The van der Waals surface area contributed by atoms with Crippen LogP contribution in [0, 0.1) is 0 Å². The largest absolute Gasteiger partial charge is 0.495 e. The molecule has 10 heteroatoms. The third-order valence-corrected chi connectivity index (χ3v) is 6.24. The van der Waals surface area contributed by atoms with Gasteiger partial charge in [0.05, 0.1) is 29.3 Å². The number of ether oxygens (including phenoxy) is 1. The van der Waals surface area contributed by atoms with Crippen LogP contribution in [-0.2, 0) is 21.9 Å². The summed E-state index contributed by atoms with van der Waals surface area (Å²) in [5, 5.41) is 2.68. The summed E-state index contributed by atoms with van der Waals surface area (Å²) < 4.78 is 33.0.